The lowest BCUT2D eigenvalue weighted by atomic mass is 9.84. The van der Waals surface area contributed by atoms with Crippen LogP contribution in [0.1, 0.15) is 29.9 Å². The van der Waals surface area contributed by atoms with Crippen LogP contribution in [-0.2, 0) is 20.9 Å². The Morgan fingerprint density at radius 2 is 2.00 bits per heavy atom. The lowest BCUT2D eigenvalue weighted by Gasteiger charge is -2.37. The Balaban J connectivity index is 1.41. The molecule has 2 aliphatic heterocycles. The summed E-state index contributed by atoms with van der Waals surface area (Å²) in [5, 5.41) is 15.6. The molecule has 0 radical (unpaired) electrons. The average Bonchev–Trinajstić information content (AvgIpc) is 3.14. The van der Waals surface area contributed by atoms with Crippen molar-refractivity contribution in [3.05, 3.63) is 59.4 Å². The van der Waals surface area contributed by atoms with E-state index in [1.54, 1.807) is 23.1 Å². The number of benzene rings is 2. The fraction of sp³-hybridized carbons (Fsp3) is 0.440. The molecule has 2 amide bonds. The van der Waals surface area contributed by atoms with Crippen LogP contribution in [0, 0.1) is 5.82 Å². The predicted molar refractivity (Wildman–Crippen MR) is 124 cm³/mol. The predicted octanol–water partition coefficient (Wildman–Crippen LogP) is 2.03. The number of aliphatic hydroxyl groups is 1. The lowest BCUT2D eigenvalue weighted by molar-refractivity contribution is -0.142. The van der Waals surface area contributed by atoms with Gasteiger partial charge in [0.2, 0.25) is 11.8 Å². The number of aliphatic hydroxyl groups excluding tert-OH is 1. The van der Waals surface area contributed by atoms with Gasteiger partial charge in [-0.25, -0.2) is 4.39 Å². The molecule has 34 heavy (non-hydrogen) atoms. The third-order valence-corrected chi connectivity index (χ3v) is 6.03. The van der Waals surface area contributed by atoms with Gasteiger partial charge in [-0.3, -0.25) is 9.59 Å². The highest BCUT2D eigenvalue weighted by molar-refractivity contribution is 5.92. The molecule has 0 spiro atoms. The number of nitrogens with one attached hydrogen (secondary N) is 2. The van der Waals surface area contributed by atoms with Gasteiger partial charge in [0.1, 0.15) is 23.8 Å². The molecule has 4 atom stereocenters. The van der Waals surface area contributed by atoms with E-state index in [4.69, 9.17) is 9.47 Å². The Morgan fingerprint density at radius 1 is 1.18 bits per heavy atom. The number of hydrogen-bond acceptors (Lipinski definition) is 6. The van der Waals surface area contributed by atoms with E-state index in [2.05, 4.69) is 10.6 Å². The Kier molecular flexibility index (Phi) is 7.45. The number of halogens is 1. The first-order valence-electron chi connectivity index (χ1n) is 11.3. The number of fused-ring (bicyclic) bond motifs is 3. The van der Waals surface area contributed by atoms with Crippen molar-refractivity contribution in [1.82, 2.24) is 10.2 Å². The summed E-state index contributed by atoms with van der Waals surface area (Å²) in [6, 6.07) is 11.6. The van der Waals surface area contributed by atoms with Crippen LogP contribution in [0.15, 0.2) is 42.5 Å². The second-order valence-corrected chi connectivity index (χ2v) is 9.05. The van der Waals surface area contributed by atoms with E-state index in [1.165, 1.54) is 12.1 Å². The van der Waals surface area contributed by atoms with Gasteiger partial charge in [-0.05, 0) is 56.4 Å². The molecule has 2 aromatic carbocycles. The first-order valence-corrected chi connectivity index (χ1v) is 11.3. The number of anilines is 1. The summed E-state index contributed by atoms with van der Waals surface area (Å²) < 4.78 is 25.4. The largest absolute Gasteiger partial charge is 0.487 e. The lowest BCUT2D eigenvalue weighted by Crippen LogP contribution is -2.47. The third kappa shape index (κ3) is 5.72. The molecule has 1 fully saturated rings. The van der Waals surface area contributed by atoms with Crippen LogP contribution in [0.25, 0.3) is 0 Å². The molecule has 0 aromatic heterocycles. The molecular weight excluding hydrogens is 441 g/mol. The summed E-state index contributed by atoms with van der Waals surface area (Å²) >= 11 is 0. The molecule has 0 aliphatic carbocycles. The average molecular weight is 472 g/mol. The van der Waals surface area contributed by atoms with Crippen molar-refractivity contribution < 1.29 is 28.6 Å². The van der Waals surface area contributed by atoms with Crippen molar-refractivity contribution in [2.75, 3.05) is 32.6 Å². The summed E-state index contributed by atoms with van der Waals surface area (Å²) in [6.07, 6.45) is -0.689. The van der Waals surface area contributed by atoms with Crippen molar-refractivity contribution >= 4 is 17.5 Å². The van der Waals surface area contributed by atoms with Gasteiger partial charge in [-0.2, -0.15) is 0 Å². The van der Waals surface area contributed by atoms with Crippen molar-refractivity contribution in [3.8, 4) is 5.75 Å². The zero-order chi connectivity index (χ0) is 24.2. The molecule has 1 saturated heterocycles. The van der Waals surface area contributed by atoms with Crippen LogP contribution < -0.4 is 15.4 Å². The SMILES string of the molecule is CN(C)CC(=O)Nc1ccc2c(c1)[C@H]1C[C@H](CC(=O)NCc3cccc(F)c3)O[C@H](CO)[C@H]1O2. The van der Waals surface area contributed by atoms with Gasteiger partial charge in [-0.1, -0.05) is 12.1 Å². The first kappa shape index (κ1) is 24.1. The highest BCUT2D eigenvalue weighted by atomic mass is 19.1. The van der Waals surface area contributed by atoms with E-state index in [0.29, 0.717) is 23.4 Å². The Morgan fingerprint density at radius 3 is 2.74 bits per heavy atom. The zero-order valence-electron chi connectivity index (χ0n) is 19.3. The summed E-state index contributed by atoms with van der Waals surface area (Å²) in [7, 11) is 3.65. The summed E-state index contributed by atoms with van der Waals surface area (Å²) in [5.41, 5.74) is 2.28. The standard InChI is InChI=1S/C25H30FN3O5/c1-29(2)13-24(32)28-17-6-7-21-19(9-17)20-10-18(33-22(14-30)25(20)34-21)11-23(31)27-12-15-4-3-5-16(26)8-15/h3-9,18,20,22,25,30H,10-14H2,1-2H3,(H,27,31)(H,28,32)/t18-,20-,22-,25+/m1/s1. The molecule has 9 heteroatoms. The van der Waals surface area contributed by atoms with Crippen LogP contribution in [0.5, 0.6) is 5.75 Å². The maximum Gasteiger partial charge on any atom is 0.238 e. The number of likely N-dealkylation sites (N-methyl/N-ethyl adjacent to an activating group) is 1. The molecule has 2 aromatic rings. The molecule has 8 nitrogen and oxygen atoms in total. The van der Waals surface area contributed by atoms with Crippen molar-refractivity contribution in [3.63, 3.8) is 0 Å². The number of hydrogen-bond donors (Lipinski definition) is 3. The highest BCUT2D eigenvalue weighted by Crippen LogP contribution is 2.47. The monoisotopic (exact) mass is 471 g/mol. The maximum absolute atomic E-state index is 13.4. The van der Waals surface area contributed by atoms with E-state index in [-0.39, 0.29) is 55.8 Å². The molecule has 2 aliphatic rings. The molecule has 4 rings (SSSR count). The molecule has 0 bridgehead atoms. The van der Waals surface area contributed by atoms with Gasteiger partial charge in [0.15, 0.2) is 0 Å². The number of carbonyl (C=O) groups is 2. The topological polar surface area (TPSA) is 100 Å². The molecule has 182 valence electrons. The van der Waals surface area contributed by atoms with E-state index in [9.17, 15) is 19.1 Å². The molecule has 0 saturated carbocycles. The minimum Gasteiger partial charge on any atom is -0.487 e. The summed E-state index contributed by atoms with van der Waals surface area (Å²) in [4.78, 5) is 26.5. The number of nitrogens with zero attached hydrogens (tertiary/aromatic N) is 1. The van der Waals surface area contributed by atoms with Crippen molar-refractivity contribution in [1.29, 1.82) is 0 Å². The Bertz CT molecular complexity index is 1050. The maximum atomic E-state index is 13.4. The van der Waals surface area contributed by atoms with Gasteiger partial charge in [0.25, 0.3) is 0 Å². The van der Waals surface area contributed by atoms with Gasteiger partial charge >= 0.3 is 0 Å². The number of carbonyl (C=O) groups excluding carboxylic acids is 2. The normalized spacial score (nSPS) is 23.1. The van der Waals surface area contributed by atoms with E-state index in [0.717, 1.165) is 5.56 Å². The molecule has 3 N–H and O–H groups in total. The number of amides is 2. The van der Waals surface area contributed by atoms with Crippen molar-refractivity contribution in [2.45, 2.75) is 43.6 Å². The van der Waals surface area contributed by atoms with E-state index >= 15 is 0 Å². The number of ether oxygens (including phenoxy) is 2. The summed E-state index contributed by atoms with van der Waals surface area (Å²) in [5.74, 6) is -0.0652. The fourth-order valence-corrected chi connectivity index (χ4v) is 4.58. The van der Waals surface area contributed by atoms with Gasteiger partial charge < -0.3 is 30.1 Å². The first-order chi connectivity index (χ1) is 16.3. The quantitative estimate of drug-likeness (QED) is 0.545. The van der Waals surface area contributed by atoms with Crippen LogP contribution in [0.3, 0.4) is 0 Å². The van der Waals surface area contributed by atoms with Crippen LogP contribution in [0.4, 0.5) is 10.1 Å². The Labute approximate surface area is 198 Å². The van der Waals surface area contributed by atoms with Gasteiger partial charge in [0.05, 0.1) is 25.7 Å². The molecule has 0 unspecified atom stereocenters. The second kappa shape index (κ2) is 10.5. The van der Waals surface area contributed by atoms with E-state index in [1.807, 2.05) is 26.2 Å². The van der Waals surface area contributed by atoms with Crippen molar-refractivity contribution in [2.24, 2.45) is 0 Å². The smallest absolute Gasteiger partial charge is 0.238 e. The molecular formula is C25H30FN3O5. The van der Waals surface area contributed by atoms with Crippen LogP contribution in [0.2, 0.25) is 0 Å². The second-order valence-electron chi connectivity index (χ2n) is 9.05. The minimum atomic E-state index is -0.570. The van der Waals surface area contributed by atoms with E-state index < -0.39 is 12.2 Å². The number of rotatable bonds is 8. The van der Waals surface area contributed by atoms with Crippen LogP contribution in [-0.4, -0.2) is 67.4 Å². The van der Waals surface area contributed by atoms with Gasteiger partial charge in [-0.15, -0.1) is 0 Å². The minimum absolute atomic E-state index is 0.0763. The van der Waals surface area contributed by atoms with Crippen LogP contribution >= 0.6 is 0 Å². The zero-order valence-corrected chi connectivity index (χ0v) is 19.3. The summed E-state index contributed by atoms with van der Waals surface area (Å²) in [6.45, 7) is 0.261. The molecule has 2 heterocycles. The third-order valence-electron chi connectivity index (χ3n) is 6.03. The Hall–Kier alpha value is -3.01. The van der Waals surface area contributed by atoms with Gasteiger partial charge in [0, 0.05) is 23.7 Å². The fourth-order valence-electron chi connectivity index (χ4n) is 4.58. The highest BCUT2D eigenvalue weighted by Gasteiger charge is 2.46.